The Labute approximate surface area is 129 Å². The summed E-state index contributed by atoms with van der Waals surface area (Å²) in [5, 5.41) is 12.7. The van der Waals surface area contributed by atoms with Crippen molar-refractivity contribution in [1.82, 2.24) is 10.3 Å². The van der Waals surface area contributed by atoms with Crippen LogP contribution in [0.2, 0.25) is 0 Å². The molecule has 0 spiro atoms. The highest BCUT2D eigenvalue weighted by Crippen LogP contribution is 2.34. The van der Waals surface area contributed by atoms with Gasteiger partial charge in [-0.3, -0.25) is 4.79 Å². The summed E-state index contributed by atoms with van der Waals surface area (Å²) < 4.78 is 1.16. The van der Waals surface area contributed by atoms with Crippen molar-refractivity contribution in [3.63, 3.8) is 0 Å². The second-order valence-corrected chi connectivity index (χ2v) is 6.33. The van der Waals surface area contributed by atoms with Crippen molar-refractivity contribution in [2.24, 2.45) is 5.41 Å². The minimum atomic E-state index is -0.441. The summed E-state index contributed by atoms with van der Waals surface area (Å²) in [7, 11) is 0. The van der Waals surface area contributed by atoms with E-state index >= 15 is 0 Å². The minimum Gasteiger partial charge on any atom is -0.395 e. The number of nitrogens with one attached hydrogen (secondary N) is 1. The Morgan fingerprint density at radius 1 is 1.33 bits per heavy atom. The molecule has 2 rings (SSSR count). The smallest absolute Gasteiger partial charge is 0.226 e. The maximum Gasteiger partial charge on any atom is 0.226 e. The first-order valence-electron chi connectivity index (χ1n) is 7.39. The van der Waals surface area contributed by atoms with Gasteiger partial charge in [0.05, 0.1) is 27.2 Å². The van der Waals surface area contributed by atoms with Gasteiger partial charge in [0.1, 0.15) is 0 Å². The zero-order valence-corrected chi connectivity index (χ0v) is 13.4. The number of carbonyl (C=O) groups is 1. The molecule has 5 heteroatoms. The van der Waals surface area contributed by atoms with E-state index in [9.17, 15) is 4.79 Å². The molecule has 4 nitrogen and oxygen atoms in total. The third kappa shape index (κ3) is 3.41. The summed E-state index contributed by atoms with van der Waals surface area (Å²) in [5.74, 6) is 0.0146. The molecule has 1 aromatic heterocycles. The van der Waals surface area contributed by atoms with Crippen molar-refractivity contribution in [3.8, 4) is 0 Å². The maximum absolute atomic E-state index is 12.5. The molecule has 0 saturated carbocycles. The molecule has 0 atom stereocenters. The van der Waals surface area contributed by atoms with Gasteiger partial charge in [-0.05, 0) is 25.0 Å². The summed E-state index contributed by atoms with van der Waals surface area (Å²) in [5.41, 5.74) is 0.553. The largest absolute Gasteiger partial charge is 0.395 e. The Morgan fingerprint density at radius 2 is 2.05 bits per heavy atom. The number of aromatic nitrogens is 1. The van der Waals surface area contributed by atoms with Crippen molar-refractivity contribution in [2.75, 3.05) is 13.2 Å². The van der Waals surface area contributed by atoms with Crippen molar-refractivity contribution in [1.29, 1.82) is 0 Å². The summed E-state index contributed by atoms with van der Waals surface area (Å²) in [4.78, 5) is 17.1. The first kappa shape index (κ1) is 15.9. The number of hydrogen-bond donors (Lipinski definition) is 2. The van der Waals surface area contributed by atoms with Gasteiger partial charge in [-0.25, -0.2) is 4.98 Å². The highest BCUT2D eigenvalue weighted by Gasteiger charge is 2.35. The van der Waals surface area contributed by atoms with Crippen molar-refractivity contribution < 1.29 is 9.90 Å². The van der Waals surface area contributed by atoms with Crippen LogP contribution >= 0.6 is 11.3 Å². The van der Waals surface area contributed by atoms with Gasteiger partial charge in [0.15, 0.2) is 0 Å². The number of aliphatic hydroxyl groups excluding tert-OH is 1. The Bertz CT molecular complexity index is 572. The van der Waals surface area contributed by atoms with Crippen molar-refractivity contribution >= 4 is 27.5 Å². The molecule has 21 heavy (non-hydrogen) atoms. The van der Waals surface area contributed by atoms with Crippen LogP contribution < -0.4 is 5.32 Å². The van der Waals surface area contributed by atoms with Gasteiger partial charge in [-0.2, -0.15) is 0 Å². The molecule has 2 aromatic rings. The zero-order valence-electron chi connectivity index (χ0n) is 12.6. The van der Waals surface area contributed by atoms with E-state index in [4.69, 9.17) is 5.11 Å². The fourth-order valence-corrected chi connectivity index (χ4v) is 3.65. The van der Waals surface area contributed by atoms with E-state index in [0.717, 1.165) is 28.1 Å². The van der Waals surface area contributed by atoms with Crippen LogP contribution in [-0.4, -0.2) is 29.1 Å². The first-order valence-corrected chi connectivity index (χ1v) is 8.20. The molecular formula is C16H22N2O2S. The lowest BCUT2D eigenvalue weighted by molar-refractivity contribution is -0.131. The fraction of sp³-hybridized carbons (Fsp3) is 0.500. The predicted octanol–water partition coefficient (Wildman–Crippen LogP) is 2.75. The average Bonchev–Trinajstić information content (AvgIpc) is 2.92. The predicted molar refractivity (Wildman–Crippen MR) is 86.4 cm³/mol. The summed E-state index contributed by atoms with van der Waals surface area (Å²) in [6, 6.07) is 8.04. The number of carbonyl (C=O) groups excluding carboxylic acids is 1. The van der Waals surface area contributed by atoms with Crippen LogP contribution in [0.1, 0.15) is 31.7 Å². The molecule has 0 bridgehead atoms. The number of fused-ring (bicyclic) bond motifs is 1. The van der Waals surface area contributed by atoms with E-state index in [1.807, 2.05) is 32.0 Å². The number of rotatable bonds is 7. The van der Waals surface area contributed by atoms with Crippen LogP contribution in [-0.2, 0) is 11.2 Å². The topological polar surface area (TPSA) is 62.2 Å². The summed E-state index contributed by atoms with van der Waals surface area (Å²) in [6.07, 6.45) is 2.17. The lowest BCUT2D eigenvalue weighted by Gasteiger charge is -2.29. The van der Waals surface area contributed by atoms with Crippen molar-refractivity contribution in [2.45, 2.75) is 33.1 Å². The highest BCUT2D eigenvalue weighted by atomic mass is 32.1. The number of hydrogen-bond acceptors (Lipinski definition) is 4. The molecule has 1 aromatic carbocycles. The number of aliphatic hydroxyl groups is 1. The normalized spacial score (nSPS) is 11.8. The Balaban J connectivity index is 2.24. The van der Waals surface area contributed by atoms with Gasteiger partial charge in [0, 0.05) is 13.0 Å². The SMILES string of the molecule is CCC(CC)(Cc1nc2ccccc2s1)C(=O)NCCO. The second-order valence-electron chi connectivity index (χ2n) is 5.22. The molecule has 1 heterocycles. The van der Waals surface area contributed by atoms with Crippen molar-refractivity contribution in [3.05, 3.63) is 29.3 Å². The van der Waals surface area contributed by atoms with Crippen LogP contribution in [0, 0.1) is 5.41 Å². The average molecular weight is 306 g/mol. The summed E-state index contributed by atoms with van der Waals surface area (Å²) >= 11 is 1.66. The molecular weight excluding hydrogens is 284 g/mol. The van der Waals surface area contributed by atoms with E-state index in [1.54, 1.807) is 11.3 Å². The standard InChI is InChI=1S/C16H22N2O2S/c1-3-16(4-2,15(20)17-9-10-19)11-14-18-12-7-5-6-8-13(12)21-14/h5-8,19H,3-4,9-11H2,1-2H3,(H,17,20). The molecule has 2 N–H and O–H groups in total. The third-order valence-corrected chi connectivity index (χ3v) is 5.10. The van der Waals surface area contributed by atoms with E-state index in [1.165, 1.54) is 0 Å². The van der Waals surface area contributed by atoms with E-state index in [-0.39, 0.29) is 12.5 Å². The van der Waals surface area contributed by atoms with Crippen LogP contribution in [0.15, 0.2) is 24.3 Å². The van der Waals surface area contributed by atoms with Gasteiger partial charge in [0.2, 0.25) is 5.91 Å². The fourth-order valence-electron chi connectivity index (χ4n) is 2.54. The van der Waals surface area contributed by atoms with Crippen LogP contribution in [0.25, 0.3) is 10.2 Å². The lowest BCUT2D eigenvalue weighted by Crippen LogP contribution is -2.42. The van der Waals surface area contributed by atoms with Crippen LogP contribution in [0.4, 0.5) is 0 Å². The molecule has 0 fully saturated rings. The molecule has 0 radical (unpaired) electrons. The van der Waals surface area contributed by atoms with E-state index < -0.39 is 5.41 Å². The number of amides is 1. The Morgan fingerprint density at radius 3 is 2.67 bits per heavy atom. The summed E-state index contributed by atoms with van der Waals surface area (Å²) in [6.45, 7) is 4.35. The van der Waals surface area contributed by atoms with E-state index in [2.05, 4.69) is 16.4 Å². The number of thiazole rings is 1. The molecule has 0 aliphatic carbocycles. The first-order chi connectivity index (χ1) is 10.1. The Kier molecular flexibility index (Phi) is 5.31. The van der Waals surface area contributed by atoms with Gasteiger partial charge < -0.3 is 10.4 Å². The van der Waals surface area contributed by atoms with Gasteiger partial charge in [-0.1, -0.05) is 26.0 Å². The zero-order chi connectivity index (χ0) is 15.3. The number of para-hydroxylation sites is 1. The van der Waals surface area contributed by atoms with E-state index in [0.29, 0.717) is 13.0 Å². The number of nitrogens with zero attached hydrogens (tertiary/aromatic N) is 1. The molecule has 114 valence electrons. The molecule has 0 saturated heterocycles. The van der Waals surface area contributed by atoms with Gasteiger partial charge >= 0.3 is 0 Å². The molecule has 1 amide bonds. The second kappa shape index (κ2) is 7.00. The van der Waals surface area contributed by atoms with Gasteiger partial charge in [-0.15, -0.1) is 11.3 Å². The van der Waals surface area contributed by atoms with Crippen LogP contribution in [0.5, 0.6) is 0 Å². The van der Waals surface area contributed by atoms with Crippen LogP contribution in [0.3, 0.4) is 0 Å². The Hall–Kier alpha value is -1.46. The quantitative estimate of drug-likeness (QED) is 0.827. The lowest BCUT2D eigenvalue weighted by atomic mass is 9.78. The molecule has 0 unspecified atom stereocenters. The molecule has 0 aliphatic heterocycles. The minimum absolute atomic E-state index is 0.0146. The van der Waals surface area contributed by atoms with Gasteiger partial charge in [0.25, 0.3) is 0 Å². The number of benzene rings is 1. The maximum atomic E-state index is 12.5. The molecule has 0 aliphatic rings. The highest BCUT2D eigenvalue weighted by molar-refractivity contribution is 7.18. The third-order valence-electron chi connectivity index (χ3n) is 4.06. The monoisotopic (exact) mass is 306 g/mol.